The van der Waals surface area contributed by atoms with Crippen molar-refractivity contribution in [3.05, 3.63) is 143 Å². The molecular formula is C45H60. The van der Waals surface area contributed by atoms with Crippen LogP contribution in [0.2, 0.25) is 0 Å². The lowest BCUT2D eigenvalue weighted by Crippen LogP contribution is -2.43. The van der Waals surface area contributed by atoms with E-state index in [0.717, 1.165) is 17.4 Å². The van der Waals surface area contributed by atoms with Crippen molar-refractivity contribution in [1.82, 2.24) is 0 Å². The Morgan fingerprint density at radius 1 is 0.644 bits per heavy atom. The van der Waals surface area contributed by atoms with Crippen LogP contribution in [0.15, 0.2) is 126 Å². The summed E-state index contributed by atoms with van der Waals surface area (Å²) in [6, 6.07) is 20.8. The van der Waals surface area contributed by atoms with Gasteiger partial charge in [-0.3, -0.25) is 0 Å². The van der Waals surface area contributed by atoms with E-state index < -0.39 is 0 Å². The lowest BCUT2D eigenvalue weighted by atomic mass is 9.53. The Labute approximate surface area is 276 Å². The van der Waals surface area contributed by atoms with Crippen LogP contribution >= 0.6 is 0 Å². The van der Waals surface area contributed by atoms with Gasteiger partial charge < -0.3 is 0 Å². The summed E-state index contributed by atoms with van der Waals surface area (Å²) in [6.45, 7) is 22.5. The van der Waals surface area contributed by atoms with Crippen LogP contribution in [0.25, 0.3) is 0 Å². The second-order valence-electron chi connectivity index (χ2n) is 14.8. The molecule has 0 aliphatic heterocycles. The van der Waals surface area contributed by atoms with Gasteiger partial charge in [0, 0.05) is 10.8 Å². The van der Waals surface area contributed by atoms with Crippen molar-refractivity contribution < 1.29 is 0 Å². The fourth-order valence-corrected chi connectivity index (χ4v) is 8.77. The summed E-state index contributed by atoms with van der Waals surface area (Å²) in [5.41, 5.74) is 10.2. The first-order valence-corrected chi connectivity index (χ1v) is 17.6. The molecule has 0 spiro atoms. The van der Waals surface area contributed by atoms with E-state index in [1.165, 1.54) is 84.8 Å². The van der Waals surface area contributed by atoms with Gasteiger partial charge in [0.2, 0.25) is 0 Å². The van der Waals surface area contributed by atoms with Gasteiger partial charge in [0.15, 0.2) is 0 Å². The summed E-state index contributed by atoms with van der Waals surface area (Å²) < 4.78 is 0. The molecule has 0 heterocycles. The van der Waals surface area contributed by atoms with Gasteiger partial charge in [-0.2, -0.15) is 0 Å². The number of benzene rings is 2. The van der Waals surface area contributed by atoms with Crippen molar-refractivity contribution in [3.63, 3.8) is 0 Å². The first-order valence-electron chi connectivity index (χ1n) is 17.6. The van der Waals surface area contributed by atoms with E-state index in [0.29, 0.717) is 5.41 Å². The largest absolute Gasteiger partial charge is 0.0961 e. The Hall–Kier alpha value is -3.12. The van der Waals surface area contributed by atoms with Gasteiger partial charge >= 0.3 is 0 Å². The normalized spacial score (nSPS) is 27.3. The molecule has 240 valence electrons. The number of aryl methyl sites for hydroxylation is 1. The molecule has 0 unspecified atom stereocenters. The van der Waals surface area contributed by atoms with Crippen molar-refractivity contribution in [1.29, 1.82) is 0 Å². The zero-order valence-corrected chi connectivity index (χ0v) is 29.8. The van der Waals surface area contributed by atoms with Gasteiger partial charge in [-0.15, -0.1) is 0 Å². The van der Waals surface area contributed by atoms with Crippen molar-refractivity contribution in [2.45, 2.75) is 118 Å². The van der Waals surface area contributed by atoms with E-state index >= 15 is 0 Å². The number of hydrogen-bond acceptors (Lipinski definition) is 0. The van der Waals surface area contributed by atoms with Gasteiger partial charge in [0.1, 0.15) is 0 Å². The SMILES string of the molecule is C=C(C)/C=C\C(=C/C)C1(c2ccc(C)cc2)CCC(C(C)(C)C2CCC(C(/C=C\C(C)=C/C)=C/C)(c3ccccc3)CC2)CC1. The van der Waals surface area contributed by atoms with E-state index in [4.69, 9.17) is 0 Å². The van der Waals surface area contributed by atoms with Gasteiger partial charge in [-0.1, -0.05) is 134 Å². The number of hydrogen-bond donors (Lipinski definition) is 0. The lowest BCUT2D eigenvalue weighted by Gasteiger charge is -2.52. The molecule has 4 rings (SSSR count). The molecule has 2 aromatic rings. The molecule has 2 fully saturated rings. The molecule has 0 bridgehead atoms. The van der Waals surface area contributed by atoms with Gasteiger partial charge in [0.25, 0.3) is 0 Å². The topological polar surface area (TPSA) is 0 Å². The molecule has 0 amide bonds. The van der Waals surface area contributed by atoms with Gasteiger partial charge in [-0.25, -0.2) is 0 Å². The summed E-state index contributed by atoms with van der Waals surface area (Å²) in [5, 5.41) is 0. The predicted molar refractivity (Wildman–Crippen MR) is 199 cm³/mol. The fraction of sp³-hybridized carbons (Fsp3) is 0.467. The van der Waals surface area contributed by atoms with E-state index in [1.54, 1.807) is 0 Å². The summed E-state index contributed by atoms with van der Waals surface area (Å²) in [7, 11) is 0. The average molecular weight is 601 g/mol. The Balaban J connectivity index is 1.57. The molecule has 0 heteroatoms. The quantitative estimate of drug-likeness (QED) is 0.238. The molecule has 0 N–H and O–H groups in total. The molecular weight excluding hydrogens is 540 g/mol. The summed E-state index contributed by atoms with van der Waals surface area (Å²) in [4.78, 5) is 0. The van der Waals surface area contributed by atoms with E-state index in [-0.39, 0.29) is 10.8 Å². The number of allylic oxidation sites excluding steroid dienone is 11. The van der Waals surface area contributed by atoms with Crippen molar-refractivity contribution in [3.8, 4) is 0 Å². The maximum absolute atomic E-state index is 4.15. The molecule has 0 aromatic heterocycles. The fourth-order valence-electron chi connectivity index (χ4n) is 8.77. The van der Waals surface area contributed by atoms with Crippen LogP contribution in [0, 0.1) is 24.2 Å². The highest BCUT2D eigenvalue weighted by atomic mass is 14.5. The van der Waals surface area contributed by atoms with E-state index in [2.05, 4.69) is 159 Å². The van der Waals surface area contributed by atoms with Crippen molar-refractivity contribution >= 4 is 0 Å². The minimum absolute atomic E-state index is 0.0776. The average Bonchev–Trinajstić information content (AvgIpc) is 3.06. The predicted octanol–water partition coefficient (Wildman–Crippen LogP) is 13.1. The Morgan fingerprint density at radius 3 is 1.51 bits per heavy atom. The van der Waals surface area contributed by atoms with Crippen molar-refractivity contribution in [2.24, 2.45) is 17.3 Å². The monoisotopic (exact) mass is 600 g/mol. The van der Waals surface area contributed by atoms with Gasteiger partial charge in [-0.05, 0) is 132 Å². The standard InChI is InChI=1S/C45H60/c1-10-35(6)19-23-38(12-3)44(41-16-14-13-15-17-41)30-26-39(27-31-44)43(8,9)40-28-32-45(33-29-40,37(11-2)22-18-34(4)5)42-24-20-36(7)21-25-42/h10-25,39-40H,4,26-33H2,1-3,5-9H3/b22-18-,23-19-,35-10-,37-11+,38-12+. The second kappa shape index (κ2) is 15.0. The molecule has 2 aliphatic carbocycles. The minimum Gasteiger partial charge on any atom is -0.0961 e. The summed E-state index contributed by atoms with van der Waals surface area (Å²) in [6.07, 6.45) is 26.2. The maximum atomic E-state index is 4.15. The van der Waals surface area contributed by atoms with Crippen molar-refractivity contribution in [2.75, 3.05) is 0 Å². The molecule has 2 aromatic carbocycles. The molecule has 0 nitrogen and oxygen atoms in total. The second-order valence-corrected chi connectivity index (χ2v) is 14.8. The van der Waals surface area contributed by atoms with Crippen LogP contribution in [0.4, 0.5) is 0 Å². The van der Waals surface area contributed by atoms with E-state index in [9.17, 15) is 0 Å². The van der Waals surface area contributed by atoms with Crippen LogP contribution in [0.1, 0.15) is 117 Å². The molecule has 2 saturated carbocycles. The molecule has 0 radical (unpaired) electrons. The third kappa shape index (κ3) is 7.48. The zero-order valence-electron chi connectivity index (χ0n) is 29.8. The minimum atomic E-state index is 0.0776. The summed E-state index contributed by atoms with van der Waals surface area (Å²) >= 11 is 0. The smallest absolute Gasteiger partial charge is 0.0199 e. The summed E-state index contributed by atoms with van der Waals surface area (Å²) in [5.74, 6) is 1.49. The highest BCUT2D eigenvalue weighted by Crippen LogP contribution is 2.57. The Morgan fingerprint density at radius 2 is 1.09 bits per heavy atom. The third-order valence-corrected chi connectivity index (χ3v) is 12.0. The maximum Gasteiger partial charge on any atom is 0.0199 e. The first kappa shape index (κ1) is 34.7. The van der Waals surface area contributed by atoms with Crippen LogP contribution in [0.5, 0.6) is 0 Å². The Kier molecular flexibility index (Phi) is 11.6. The highest BCUT2D eigenvalue weighted by molar-refractivity contribution is 5.45. The molecule has 45 heavy (non-hydrogen) atoms. The first-order chi connectivity index (χ1) is 21.5. The zero-order chi connectivity index (χ0) is 32.7. The molecule has 0 atom stereocenters. The lowest BCUT2D eigenvalue weighted by molar-refractivity contribution is 0.0363. The van der Waals surface area contributed by atoms with Crippen LogP contribution in [-0.4, -0.2) is 0 Å². The van der Waals surface area contributed by atoms with Crippen LogP contribution in [-0.2, 0) is 10.8 Å². The van der Waals surface area contributed by atoms with Gasteiger partial charge in [0.05, 0.1) is 0 Å². The van der Waals surface area contributed by atoms with E-state index in [1.807, 2.05) is 0 Å². The third-order valence-electron chi connectivity index (χ3n) is 12.0. The Bertz CT molecular complexity index is 1420. The van der Waals surface area contributed by atoms with Crippen LogP contribution < -0.4 is 0 Å². The molecule has 0 saturated heterocycles. The molecule has 2 aliphatic rings. The number of rotatable bonds is 10. The van der Waals surface area contributed by atoms with Crippen LogP contribution in [0.3, 0.4) is 0 Å². The highest BCUT2D eigenvalue weighted by Gasteiger charge is 2.48.